The molecule has 0 radical (unpaired) electrons. The summed E-state index contributed by atoms with van der Waals surface area (Å²) in [6.07, 6.45) is 0.612. The van der Waals surface area contributed by atoms with Crippen LogP contribution in [0.15, 0.2) is 54.6 Å². The topological polar surface area (TPSA) is 75.6 Å². The Kier molecular flexibility index (Phi) is 6.78. The number of aliphatic carboxylic acids is 1. The van der Waals surface area contributed by atoms with Crippen molar-refractivity contribution in [3.05, 3.63) is 65.7 Å². The fourth-order valence-corrected chi connectivity index (χ4v) is 2.96. The number of carbonyl (C=O) groups is 2. The number of carbonyl (C=O) groups excluding carboxylic acids is 1. The lowest BCUT2D eigenvalue weighted by Gasteiger charge is -2.25. The molecule has 0 saturated heterocycles. The summed E-state index contributed by atoms with van der Waals surface area (Å²) in [6.45, 7) is 3.54. The third-order valence-electron chi connectivity index (χ3n) is 4.59. The predicted molar refractivity (Wildman–Crippen MR) is 100 cm³/mol. The van der Waals surface area contributed by atoms with Crippen LogP contribution in [-0.2, 0) is 9.59 Å². The largest absolute Gasteiger partial charge is 0.497 e. The molecule has 5 heteroatoms. The second-order valence-electron chi connectivity index (χ2n) is 6.26. The van der Waals surface area contributed by atoms with Crippen molar-refractivity contribution >= 4 is 11.9 Å². The molecule has 0 fully saturated rings. The molecule has 0 saturated carbocycles. The summed E-state index contributed by atoms with van der Waals surface area (Å²) < 4.78 is 5.16. The van der Waals surface area contributed by atoms with Crippen LogP contribution in [0.25, 0.3) is 0 Å². The zero-order valence-electron chi connectivity index (χ0n) is 15.3. The molecule has 0 spiro atoms. The van der Waals surface area contributed by atoms with Gasteiger partial charge in [0.05, 0.1) is 25.0 Å². The number of carboxylic acid groups (broad SMARTS) is 1. The van der Waals surface area contributed by atoms with E-state index in [4.69, 9.17) is 4.74 Å². The molecule has 3 unspecified atom stereocenters. The molecule has 138 valence electrons. The average molecular weight is 355 g/mol. The monoisotopic (exact) mass is 355 g/mol. The van der Waals surface area contributed by atoms with E-state index in [-0.39, 0.29) is 11.8 Å². The van der Waals surface area contributed by atoms with E-state index in [2.05, 4.69) is 5.32 Å². The maximum absolute atomic E-state index is 12.9. The van der Waals surface area contributed by atoms with Gasteiger partial charge in [0.25, 0.3) is 0 Å². The van der Waals surface area contributed by atoms with E-state index in [1.807, 2.05) is 61.5 Å². The summed E-state index contributed by atoms with van der Waals surface area (Å²) >= 11 is 0. The second kappa shape index (κ2) is 9.04. The van der Waals surface area contributed by atoms with Gasteiger partial charge < -0.3 is 15.2 Å². The van der Waals surface area contributed by atoms with Crippen molar-refractivity contribution in [1.82, 2.24) is 5.32 Å². The zero-order chi connectivity index (χ0) is 19.1. The Labute approximate surface area is 154 Å². The van der Waals surface area contributed by atoms with Crippen LogP contribution in [0.5, 0.6) is 5.75 Å². The average Bonchev–Trinajstić information content (AvgIpc) is 2.67. The van der Waals surface area contributed by atoms with Crippen molar-refractivity contribution in [2.24, 2.45) is 5.92 Å². The molecule has 1 amide bonds. The number of benzene rings is 2. The van der Waals surface area contributed by atoms with Crippen molar-refractivity contribution in [3.8, 4) is 5.75 Å². The second-order valence-corrected chi connectivity index (χ2v) is 6.26. The van der Waals surface area contributed by atoms with Gasteiger partial charge in [0, 0.05) is 0 Å². The van der Waals surface area contributed by atoms with Crippen LogP contribution < -0.4 is 10.1 Å². The third kappa shape index (κ3) is 4.63. The Bertz CT molecular complexity index is 727. The van der Waals surface area contributed by atoms with E-state index in [1.54, 1.807) is 14.0 Å². The predicted octanol–water partition coefficient (Wildman–Crippen LogP) is 3.77. The van der Waals surface area contributed by atoms with Crippen LogP contribution in [0, 0.1) is 5.92 Å². The summed E-state index contributed by atoms with van der Waals surface area (Å²) in [5, 5.41) is 12.4. The van der Waals surface area contributed by atoms with Gasteiger partial charge in [-0.25, -0.2) is 0 Å². The Hall–Kier alpha value is -2.82. The lowest BCUT2D eigenvalue weighted by atomic mass is 9.91. The summed E-state index contributed by atoms with van der Waals surface area (Å²) in [6, 6.07) is 16.0. The molecule has 0 heterocycles. The van der Waals surface area contributed by atoms with Crippen molar-refractivity contribution in [3.63, 3.8) is 0 Å². The minimum absolute atomic E-state index is 0.181. The number of carboxylic acids is 1. The number of nitrogens with one attached hydrogen (secondary N) is 1. The number of methoxy groups -OCH3 is 1. The van der Waals surface area contributed by atoms with Crippen molar-refractivity contribution in [2.75, 3.05) is 7.11 Å². The quantitative estimate of drug-likeness (QED) is 0.756. The Morgan fingerprint density at radius 2 is 1.65 bits per heavy atom. The Morgan fingerprint density at radius 3 is 2.15 bits per heavy atom. The normalized spacial score (nSPS) is 14.1. The van der Waals surface area contributed by atoms with E-state index in [0.717, 1.165) is 16.9 Å². The van der Waals surface area contributed by atoms with Gasteiger partial charge in [-0.2, -0.15) is 0 Å². The van der Waals surface area contributed by atoms with Crippen molar-refractivity contribution < 1.29 is 19.4 Å². The molecule has 0 aliphatic heterocycles. The van der Waals surface area contributed by atoms with Crippen LogP contribution in [0.1, 0.15) is 43.4 Å². The maximum atomic E-state index is 12.9. The molecule has 2 aromatic rings. The molecule has 5 nitrogen and oxygen atoms in total. The molecule has 3 atom stereocenters. The smallest absolute Gasteiger partial charge is 0.308 e. The van der Waals surface area contributed by atoms with E-state index in [0.29, 0.717) is 6.42 Å². The highest BCUT2D eigenvalue weighted by atomic mass is 16.5. The van der Waals surface area contributed by atoms with Gasteiger partial charge in [-0.15, -0.1) is 0 Å². The minimum atomic E-state index is -0.948. The number of rotatable bonds is 8. The van der Waals surface area contributed by atoms with Gasteiger partial charge in [0.2, 0.25) is 5.91 Å². The molecule has 0 aliphatic carbocycles. The van der Waals surface area contributed by atoms with E-state index in [1.165, 1.54) is 0 Å². The Balaban J connectivity index is 2.24. The van der Waals surface area contributed by atoms with Gasteiger partial charge in [-0.1, -0.05) is 49.4 Å². The molecular formula is C21H25NO4. The Morgan fingerprint density at radius 1 is 1.04 bits per heavy atom. The molecule has 2 N–H and O–H groups in total. The van der Waals surface area contributed by atoms with E-state index in [9.17, 15) is 14.7 Å². The number of amides is 1. The molecule has 0 aliphatic rings. The first-order valence-electron chi connectivity index (χ1n) is 8.70. The summed E-state index contributed by atoms with van der Waals surface area (Å²) in [5.74, 6) is -1.50. The van der Waals surface area contributed by atoms with Crippen LogP contribution in [0.4, 0.5) is 0 Å². The molecule has 0 bridgehead atoms. The summed E-state index contributed by atoms with van der Waals surface area (Å²) in [4.78, 5) is 24.4. The zero-order valence-corrected chi connectivity index (χ0v) is 15.3. The first kappa shape index (κ1) is 19.5. The molecule has 0 aromatic heterocycles. The van der Waals surface area contributed by atoms with Gasteiger partial charge in [-0.05, 0) is 36.6 Å². The molecule has 26 heavy (non-hydrogen) atoms. The number of hydrogen-bond donors (Lipinski definition) is 2. The minimum Gasteiger partial charge on any atom is -0.497 e. The summed E-state index contributed by atoms with van der Waals surface area (Å²) in [5.41, 5.74) is 1.65. The SMILES string of the molecule is CCC(C(=O)NC(c1ccccc1)C(C)C(=O)O)c1ccc(OC)cc1. The van der Waals surface area contributed by atoms with Gasteiger partial charge in [0.1, 0.15) is 5.75 Å². The molecule has 2 rings (SSSR count). The van der Waals surface area contributed by atoms with Crippen LogP contribution in [0.3, 0.4) is 0 Å². The highest BCUT2D eigenvalue weighted by molar-refractivity contribution is 5.84. The van der Waals surface area contributed by atoms with Crippen LogP contribution >= 0.6 is 0 Å². The highest BCUT2D eigenvalue weighted by Crippen LogP contribution is 2.27. The van der Waals surface area contributed by atoms with E-state index < -0.39 is 17.9 Å². The highest BCUT2D eigenvalue weighted by Gasteiger charge is 2.29. The maximum Gasteiger partial charge on any atom is 0.308 e. The van der Waals surface area contributed by atoms with Crippen molar-refractivity contribution in [2.45, 2.75) is 32.2 Å². The third-order valence-corrected chi connectivity index (χ3v) is 4.59. The standard InChI is InChI=1S/C21H25NO4/c1-4-18(15-10-12-17(26-3)13-11-15)20(23)22-19(14(2)21(24)25)16-8-6-5-7-9-16/h5-14,18-19H,4H2,1-3H3,(H,22,23)(H,24,25). The number of hydrogen-bond acceptors (Lipinski definition) is 3. The van der Waals surface area contributed by atoms with Gasteiger partial charge >= 0.3 is 5.97 Å². The fourth-order valence-electron chi connectivity index (χ4n) is 2.96. The first-order chi connectivity index (χ1) is 12.5. The number of ether oxygens (including phenoxy) is 1. The molecule has 2 aromatic carbocycles. The first-order valence-corrected chi connectivity index (χ1v) is 8.70. The van der Waals surface area contributed by atoms with Gasteiger partial charge in [0.15, 0.2) is 0 Å². The van der Waals surface area contributed by atoms with E-state index >= 15 is 0 Å². The lowest BCUT2D eigenvalue weighted by molar-refractivity contribution is -0.142. The lowest BCUT2D eigenvalue weighted by Crippen LogP contribution is -2.38. The fraction of sp³-hybridized carbons (Fsp3) is 0.333. The van der Waals surface area contributed by atoms with Crippen LogP contribution in [0.2, 0.25) is 0 Å². The summed E-state index contributed by atoms with van der Waals surface area (Å²) in [7, 11) is 1.59. The van der Waals surface area contributed by atoms with Gasteiger partial charge in [-0.3, -0.25) is 9.59 Å². The van der Waals surface area contributed by atoms with Crippen molar-refractivity contribution in [1.29, 1.82) is 0 Å². The van der Waals surface area contributed by atoms with Crippen LogP contribution in [-0.4, -0.2) is 24.1 Å². The molecular weight excluding hydrogens is 330 g/mol.